The fourth-order valence-corrected chi connectivity index (χ4v) is 1.79. The van der Waals surface area contributed by atoms with Gasteiger partial charge in [0.2, 0.25) is 17.6 Å². The van der Waals surface area contributed by atoms with Crippen molar-refractivity contribution in [3.63, 3.8) is 0 Å². The summed E-state index contributed by atoms with van der Waals surface area (Å²) in [6.45, 7) is 3.97. The minimum Gasteiger partial charge on any atom is -0.497 e. The normalized spacial score (nSPS) is 9.96. The fraction of sp³-hybridized carbons (Fsp3) is 0.143. The van der Waals surface area contributed by atoms with E-state index in [1.165, 1.54) is 0 Å². The van der Waals surface area contributed by atoms with Crippen LogP contribution in [-0.2, 0) is 0 Å². The Balaban J connectivity index is 2.38. The molecule has 0 saturated carbocycles. The predicted octanol–water partition coefficient (Wildman–Crippen LogP) is 2.32. The van der Waals surface area contributed by atoms with Gasteiger partial charge in [0, 0.05) is 12.2 Å². The first kappa shape index (κ1) is 16.0. The van der Waals surface area contributed by atoms with Crippen LogP contribution in [0.2, 0.25) is 0 Å². The standard InChI is InChI=1S/C14H16N6O3/c1-3-8-16-14-18-12(15)11(20(21)22)13(19-14)17-9-4-6-10(23-2)7-5-9/h3-7H,1,8H2,2H3,(H4,15,16,17,18,19). The smallest absolute Gasteiger partial charge is 0.353 e. The van der Waals surface area contributed by atoms with Gasteiger partial charge in [-0.15, -0.1) is 6.58 Å². The third-order valence-corrected chi connectivity index (χ3v) is 2.85. The molecule has 0 fully saturated rings. The van der Waals surface area contributed by atoms with Gasteiger partial charge in [0.1, 0.15) is 5.75 Å². The lowest BCUT2D eigenvalue weighted by atomic mass is 10.3. The number of aromatic nitrogens is 2. The Labute approximate surface area is 132 Å². The highest BCUT2D eigenvalue weighted by atomic mass is 16.6. The molecule has 4 N–H and O–H groups in total. The van der Waals surface area contributed by atoms with E-state index in [0.717, 1.165) is 0 Å². The largest absolute Gasteiger partial charge is 0.497 e. The molecular formula is C14H16N6O3. The second kappa shape index (κ2) is 7.07. The molecule has 0 aliphatic heterocycles. The lowest BCUT2D eigenvalue weighted by Crippen LogP contribution is -2.10. The monoisotopic (exact) mass is 316 g/mol. The van der Waals surface area contributed by atoms with E-state index in [2.05, 4.69) is 27.2 Å². The molecule has 0 radical (unpaired) electrons. The van der Waals surface area contributed by atoms with Gasteiger partial charge >= 0.3 is 5.69 Å². The first-order chi connectivity index (χ1) is 11.0. The Morgan fingerprint density at radius 3 is 2.65 bits per heavy atom. The first-order valence-electron chi connectivity index (χ1n) is 6.63. The summed E-state index contributed by atoms with van der Waals surface area (Å²) < 4.78 is 5.06. The zero-order valence-corrected chi connectivity index (χ0v) is 12.4. The molecule has 0 bridgehead atoms. The average molecular weight is 316 g/mol. The minimum absolute atomic E-state index is 0.000714. The van der Waals surface area contributed by atoms with Gasteiger partial charge in [-0.05, 0) is 24.3 Å². The van der Waals surface area contributed by atoms with Crippen LogP contribution in [0.1, 0.15) is 0 Å². The van der Waals surface area contributed by atoms with Gasteiger partial charge in [-0.2, -0.15) is 9.97 Å². The molecule has 1 heterocycles. The van der Waals surface area contributed by atoms with E-state index in [0.29, 0.717) is 18.0 Å². The van der Waals surface area contributed by atoms with E-state index >= 15 is 0 Å². The highest BCUT2D eigenvalue weighted by Gasteiger charge is 2.23. The Morgan fingerprint density at radius 1 is 1.39 bits per heavy atom. The van der Waals surface area contributed by atoms with E-state index in [9.17, 15) is 10.1 Å². The second-order valence-electron chi connectivity index (χ2n) is 4.41. The molecule has 0 saturated heterocycles. The molecule has 0 spiro atoms. The minimum atomic E-state index is -0.627. The topological polar surface area (TPSA) is 128 Å². The molecule has 0 aliphatic carbocycles. The second-order valence-corrected chi connectivity index (χ2v) is 4.41. The molecule has 1 aromatic heterocycles. The summed E-state index contributed by atoms with van der Waals surface area (Å²) in [6.07, 6.45) is 1.61. The number of nitrogens with zero attached hydrogens (tertiary/aromatic N) is 3. The van der Waals surface area contributed by atoms with Crippen molar-refractivity contribution in [2.45, 2.75) is 0 Å². The van der Waals surface area contributed by atoms with E-state index < -0.39 is 4.92 Å². The Morgan fingerprint density at radius 2 is 2.09 bits per heavy atom. The number of nitrogens with two attached hydrogens (primary N) is 1. The van der Waals surface area contributed by atoms with Crippen molar-refractivity contribution in [2.75, 3.05) is 30.0 Å². The van der Waals surface area contributed by atoms with Crippen molar-refractivity contribution in [3.8, 4) is 5.75 Å². The summed E-state index contributed by atoms with van der Waals surface area (Å²) >= 11 is 0. The summed E-state index contributed by atoms with van der Waals surface area (Å²) in [5, 5.41) is 16.9. The lowest BCUT2D eigenvalue weighted by molar-refractivity contribution is -0.383. The van der Waals surface area contributed by atoms with Crippen LogP contribution in [0.15, 0.2) is 36.9 Å². The van der Waals surface area contributed by atoms with Gasteiger partial charge in [-0.3, -0.25) is 10.1 Å². The molecule has 9 nitrogen and oxygen atoms in total. The zero-order valence-electron chi connectivity index (χ0n) is 12.4. The Kier molecular flexibility index (Phi) is 4.92. The summed E-state index contributed by atoms with van der Waals surface area (Å²) in [5.74, 6) is 0.608. The number of methoxy groups -OCH3 is 1. The third-order valence-electron chi connectivity index (χ3n) is 2.85. The lowest BCUT2D eigenvalue weighted by Gasteiger charge is -2.10. The van der Waals surface area contributed by atoms with Gasteiger partial charge in [0.05, 0.1) is 12.0 Å². The van der Waals surface area contributed by atoms with Gasteiger partial charge in [-0.25, -0.2) is 0 Å². The molecule has 23 heavy (non-hydrogen) atoms. The summed E-state index contributed by atoms with van der Waals surface area (Å²) in [7, 11) is 1.55. The number of nitrogens with one attached hydrogen (secondary N) is 2. The molecule has 9 heteroatoms. The van der Waals surface area contributed by atoms with Crippen LogP contribution >= 0.6 is 0 Å². The van der Waals surface area contributed by atoms with Crippen molar-refractivity contribution in [3.05, 3.63) is 47.0 Å². The molecule has 0 atom stereocenters. The Bertz CT molecular complexity index is 717. The highest BCUT2D eigenvalue weighted by molar-refractivity contribution is 5.74. The number of benzene rings is 1. The van der Waals surface area contributed by atoms with Crippen molar-refractivity contribution >= 4 is 29.0 Å². The molecular weight excluding hydrogens is 300 g/mol. The number of nitrogen functional groups attached to an aromatic ring is 1. The maximum absolute atomic E-state index is 11.2. The van der Waals surface area contributed by atoms with Crippen LogP contribution in [0, 0.1) is 10.1 Å². The van der Waals surface area contributed by atoms with Crippen LogP contribution in [0.4, 0.5) is 29.0 Å². The predicted molar refractivity (Wildman–Crippen MR) is 88.1 cm³/mol. The molecule has 2 rings (SSSR count). The van der Waals surface area contributed by atoms with Crippen molar-refractivity contribution in [1.29, 1.82) is 0 Å². The third kappa shape index (κ3) is 3.84. The SMILES string of the molecule is C=CCNc1nc(N)c([N+](=O)[O-])c(Nc2ccc(OC)cc2)n1. The average Bonchev–Trinajstić information content (AvgIpc) is 2.53. The molecule has 0 aliphatic rings. The molecule has 1 aromatic carbocycles. The van der Waals surface area contributed by atoms with Crippen molar-refractivity contribution in [2.24, 2.45) is 0 Å². The zero-order chi connectivity index (χ0) is 16.8. The maximum atomic E-state index is 11.2. The number of hydrogen-bond acceptors (Lipinski definition) is 8. The molecule has 120 valence electrons. The number of rotatable bonds is 7. The number of anilines is 4. The van der Waals surface area contributed by atoms with Crippen LogP contribution in [-0.4, -0.2) is 28.5 Å². The van der Waals surface area contributed by atoms with Gasteiger partial charge in [0.15, 0.2) is 0 Å². The van der Waals surface area contributed by atoms with Gasteiger partial charge in [0.25, 0.3) is 0 Å². The number of ether oxygens (including phenoxy) is 1. The first-order valence-corrected chi connectivity index (χ1v) is 6.63. The summed E-state index contributed by atoms with van der Waals surface area (Å²) in [5.41, 5.74) is 5.89. The van der Waals surface area contributed by atoms with E-state index in [4.69, 9.17) is 10.5 Å². The van der Waals surface area contributed by atoms with Crippen LogP contribution in [0.25, 0.3) is 0 Å². The van der Waals surface area contributed by atoms with Gasteiger partial charge in [-0.1, -0.05) is 6.08 Å². The fourth-order valence-electron chi connectivity index (χ4n) is 1.79. The van der Waals surface area contributed by atoms with Gasteiger partial charge < -0.3 is 21.1 Å². The molecule has 0 amide bonds. The molecule has 2 aromatic rings. The van der Waals surface area contributed by atoms with E-state index in [-0.39, 0.29) is 23.3 Å². The van der Waals surface area contributed by atoms with Crippen LogP contribution in [0.3, 0.4) is 0 Å². The van der Waals surface area contributed by atoms with Crippen molar-refractivity contribution in [1.82, 2.24) is 9.97 Å². The van der Waals surface area contributed by atoms with Crippen molar-refractivity contribution < 1.29 is 9.66 Å². The number of hydrogen-bond donors (Lipinski definition) is 3. The van der Waals surface area contributed by atoms with Crippen LogP contribution in [0.5, 0.6) is 5.75 Å². The van der Waals surface area contributed by atoms with Crippen LogP contribution < -0.4 is 21.1 Å². The summed E-state index contributed by atoms with van der Waals surface area (Å²) in [4.78, 5) is 18.5. The Hall–Kier alpha value is -3.36. The number of nitro groups is 1. The summed E-state index contributed by atoms with van der Waals surface area (Å²) in [6, 6.07) is 6.85. The molecule has 0 unspecified atom stereocenters. The highest BCUT2D eigenvalue weighted by Crippen LogP contribution is 2.31. The quantitative estimate of drug-likeness (QED) is 0.403. The van der Waals surface area contributed by atoms with E-state index in [1.807, 2.05) is 0 Å². The maximum Gasteiger partial charge on any atom is 0.353 e. The van der Waals surface area contributed by atoms with E-state index in [1.54, 1.807) is 37.5 Å².